The van der Waals surface area contributed by atoms with Gasteiger partial charge in [0.05, 0.1) is 18.0 Å². The van der Waals surface area contributed by atoms with Crippen LogP contribution in [0.4, 0.5) is 0 Å². The first-order valence-electron chi connectivity index (χ1n) is 11.5. The number of nitrogens with two attached hydrogens (primary N) is 1. The van der Waals surface area contributed by atoms with Crippen molar-refractivity contribution in [3.8, 4) is 5.75 Å². The molecule has 0 saturated heterocycles. The molecule has 0 heterocycles. The number of sulfonamides is 1. The number of aliphatic hydroxyl groups is 2. The maximum atomic E-state index is 11.9. The van der Waals surface area contributed by atoms with E-state index >= 15 is 0 Å². The lowest BCUT2D eigenvalue weighted by Crippen LogP contribution is -2.46. The van der Waals surface area contributed by atoms with Gasteiger partial charge in [-0.1, -0.05) is 32.0 Å². The number of ether oxygens (including phenoxy) is 2. The zero-order valence-corrected chi connectivity index (χ0v) is 21.3. The van der Waals surface area contributed by atoms with Gasteiger partial charge in [-0.05, 0) is 38.2 Å². The Morgan fingerprint density at radius 3 is 2.33 bits per heavy atom. The third-order valence-corrected chi connectivity index (χ3v) is 7.47. The van der Waals surface area contributed by atoms with E-state index in [9.17, 15) is 18.6 Å². The topological polar surface area (TPSA) is 143 Å². The van der Waals surface area contributed by atoms with Gasteiger partial charge in [0.2, 0.25) is 10.0 Å². The Morgan fingerprint density at radius 1 is 1.06 bits per heavy atom. The zero-order chi connectivity index (χ0) is 25.0. The van der Waals surface area contributed by atoms with E-state index in [0.29, 0.717) is 37.5 Å². The van der Waals surface area contributed by atoms with Crippen LogP contribution in [-0.2, 0) is 14.8 Å². The maximum absolute atomic E-state index is 11.9. The van der Waals surface area contributed by atoms with Gasteiger partial charge >= 0.3 is 0 Å². The molecule has 0 saturated carbocycles. The number of nitrogens with one attached hydrogen (secondary N) is 2. The standard InChI is InChI=1S/C23H43N3O6S/c1-16(2)18(13-20(24)21(27)15-26-33(29,30)17(3)4)14-25-23(28)19-9-6-7-10-22(19)32-12-8-11-31-5/h6-7,9-10,16-18,20-21,23,25-28H,8,11-15,24H2,1-5H3/t18-,20+,21+,23?/m1/s1. The summed E-state index contributed by atoms with van der Waals surface area (Å²) in [6.45, 7) is 8.67. The molecule has 0 aliphatic rings. The van der Waals surface area contributed by atoms with Crippen LogP contribution < -0.4 is 20.5 Å². The maximum Gasteiger partial charge on any atom is 0.214 e. The molecule has 6 N–H and O–H groups in total. The lowest BCUT2D eigenvalue weighted by atomic mass is 9.87. The van der Waals surface area contributed by atoms with Gasteiger partial charge in [0.1, 0.15) is 12.0 Å². The average Bonchev–Trinajstić information content (AvgIpc) is 2.77. The second-order valence-corrected chi connectivity index (χ2v) is 11.3. The zero-order valence-electron chi connectivity index (χ0n) is 20.5. The number of rotatable bonds is 17. The number of benzene rings is 1. The van der Waals surface area contributed by atoms with Gasteiger partial charge < -0.3 is 25.4 Å². The van der Waals surface area contributed by atoms with Gasteiger partial charge in [0.25, 0.3) is 0 Å². The van der Waals surface area contributed by atoms with Gasteiger partial charge in [-0.2, -0.15) is 0 Å². The van der Waals surface area contributed by atoms with Crippen molar-refractivity contribution in [2.24, 2.45) is 17.6 Å². The van der Waals surface area contributed by atoms with Gasteiger partial charge in [-0.3, -0.25) is 5.32 Å². The minimum absolute atomic E-state index is 0.0563. The number of hydrogen-bond donors (Lipinski definition) is 5. The van der Waals surface area contributed by atoms with Crippen LogP contribution in [0.5, 0.6) is 5.75 Å². The van der Waals surface area contributed by atoms with Crippen LogP contribution in [-0.4, -0.2) is 69.4 Å². The van der Waals surface area contributed by atoms with Crippen molar-refractivity contribution in [1.29, 1.82) is 0 Å². The molecule has 192 valence electrons. The van der Waals surface area contributed by atoms with E-state index < -0.39 is 33.6 Å². The van der Waals surface area contributed by atoms with E-state index in [4.69, 9.17) is 15.2 Å². The molecule has 1 aromatic carbocycles. The monoisotopic (exact) mass is 489 g/mol. The van der Waals surface area contributed by atoms with Crippen LogP contribution >= 0.6 is 0 Å². The molecule has 0 spiro atoms. The molecule has 0 aromatic heterocycles. The average molecular weight is 490 g/mol. The predicted molar refractivity (Wildman–Crippen MR) is 130 cm³/mol. The molecule has 1 rings (SSSR count). The van der Waals surface area contributed by atoms with Crippen molar-refractivity contribution in [2.75, 3.05) is 33.4 Å². The minimum atomic E-state index is -3.47. The van der Waals surface area contributed by atoms with Crippen LogP contribution in [0.2, 0.25) is 0 Å². The number of para-hydroxylation sites is 1. The molecule has 9 nitrogen and oxygen atoms in total. The Bertz CT molecular complexity index is 775. The Morgan fingerprint density at radius 2 is 1.73 bits per heavy atom. The Hall–Kier alpha value is -1.27. The number of methoxy groups -OCH3 is 1. The van der Waals surface area contributed by atoms with Crippen molar-refractivity contribution in [3.05, 3.63) is 29.8 Å². The first-order chi connectivity index (χ1) is 15.5. The molecule has 0 aliphatic heterocycles. The highest BCUT2D eigenvalue weighted by molar-refractivity contribution is 7.90. The lowest BCUT2D eigenvalue weighted by Gasteiger charge is -2.28. The van der Waals surface area contributed by atoms with Gasteiger partial charge in [-0.25, -0.2) is 13.1 Å². The Balaban J connectivity index is 2.65. The molecule has 10 heteroatoms. The molecule has 4 atom stereocenters. The van der Waals surface area contributed by atoms with E-state index in [1.54, 1.807) is 21.0 Å². The molecule has 0 bridgehead atoms. The summed E-state index contributed by atoms with van der Waals surface area (Å²) in [6, 6.07) is 6.71. The van der Waals surface area contributed by atoms with E-state index in [1.807, 2.05) is 38.1 Å². The second-order valence-electron chi connectivity index (χ2n) is 8.96. The fraction of sp³-hybridized carbons (Fsp3) is 0.739. The van der Waals surface area contributed by atoms with Gasteiger partial charge in [-0.15, -0.1) is 0 Å². The highest BCUT2D eigenvalue weighted by Gasteiger charge is 2.25. The molecule has 1 aromatic rings. The molecule has 0 aliphatic carbocycles. The summed E-state index contributed by atoms with van der Waals surface area (Å²) in [5.74, 6) is 0.899. The fourth-order valence-corrected chi connectivity index (χ4v) is 3.95. The molecule has 0 radical (unpaired) electrons. The van der Waals surface area contributed by atoms with Crippen LogP contribution in [0, 0.1) is 11.8 Å². The molecule has 1 unspecified atom stereocenters. The molecular weight excluding hydrogens is 446 g/mol. The SMILES string of the molecule is COCCCOc1ccccc1C(O)NC[C@@H](C[C@H](N)[C@@H](O)CNS(=O)(=O)C(C)C)C(C)C. The van der Waals surface area contributed by atoms with Gasteiger partial charge in [0, 0.05) is 44.8 Å². The number of hydrogen-bond acceptors (Lipinski definition) is 8. The first kappa shape index (κ1) is 29.8. The van der Waals surface area contributed by atoms with E-state index in [-0.39, 0.29) is 18.4 Å². The molecule has 0 fully saturated rings. The third kappa shape index (κ3) is 10.7. The third-order valence-electron chi connectivity index (χ3n) is 5.66. The van der Waals surface area contributed by atoms with E-state index in [1.165, 1.54) is 0 Å². The highest BCUT2D eigenvalue weighted by atomic mass is 32.2. The van der Waals surface area contributed by atoms with E-state index in [2.05, 4.69) is 10.0 Å². The quantitative estimate of drug-likeness (QED) is 0.163. The summed E-state index contributed by atoms with van der Waals surface area (Å²) in [5, 5.41) is 23.6. The fourth-order valence-electron chi connectivity index (χ4n) is 3.21. The van der Waals surface area contributed by atoms with Crippen molar-refractivity contribution in [1.82, 2.24) is 10.0 Å². The largest absolute Gasteiger partial charge is 0.493 e. The smallest absolute Gasteiger partial charge is 0.214 e. The van der Waals surface area contributed by atoms with Crippen molar-refractivity contribution < 1.29 is 28.1 Å². The summed E-state index contributed by atoms with van der Waals surface area (Å²) in [5.41, 5.74) is 6.82. The lowest BCUT2D eigenvalue weighted by molar-refractivity contribution is 0.107. The summed E-state index contributed by atoms with van der Waals surface area (Å²) >= 11 is 0. The molecule has 33 heavy (non-hydrogen) atoms. The second kappa shape index (κ2) is 14.9. The van der Waals surface area contributed by atoms with Crippen molar-refractivity contribution >= 4 is 10.0 Å². The highest BCUT2D eigenvalue weighted by Crippen LogP contribution is 2.25. The van der Waals surface area contributed by atoms with Crippen molar-refractivity contribution in [3.63, 3.8) is 0 Å². The van der Waals surface area contributed by atoms with Crippen LogP contribution in [0.25, 0.3) is 0 Å². The molecular formula is C23H43N3O6S. The predicted octanol–water partition coefficient (Wildman–Crippen LogP) is 1.36. The normalized spacial score (nSPS) is 16.1. The summed E-state index contributed by atoms with van der Waals surface area (Å²) in [6.07, 6.45) is -0.719. The van der Waals surface area contributed by atoms with Crippen LogP contribution in [0.1, 0.15) is 52.3 Å². The van der Waals surface area contributed by atoms with Crippen LogP contribution in [0.15, 0.2) is 24.3 Å². The Kier molecular flexibility index (Phi) is 13.4. The summed E-state index contributed by atoms with van der Waals surface area (Å²) in [7, 11) is -1.83. The molecule has 0 amide bonds. The summed E-state index contributed by atoms with van der Waals surface area (Å²) in [4.78, 5) is 0. The number of aliphatic hydroxyl groups excluding tert-OH is 2. The van der Waals surface area contributed by atoms with Gasteiger partial charge in [0.15, 0.2) is 0 Å². The van der Waals surface area contributed by atoms with Crippen molar-refractivity contribution in [2.45, 2.75) is 64.2 Å². The van der Waals surface area contributed by atoms with Crippen LogP contribution in [0.3, 0.4) is 0 Å². The first-order valence-corrected chi connectivity index (χ1v) is 13.1. The van der Waals surface area contributed by atoms with E-state index in [0.717, 1.165) is 6.42 Å². The Labute approximate surface area is 199 Å². The summed E-state index contributed by atoms with van der Waals surface area (Å²) < 4.78 is 37.1. The minimum Gasteiger partial charge on any atom is -0.493 e.